The zero-order valence-corrected chi connectivity index (χ0v) is 14.5. The highest BCUT2D eigenvalue weighted by Crippen LogP contribution is 2.24. The van der Waals surface area contributed by atoms with Crippen molar-refractivity contribution < 1.29 is 13.9 Å². The summed E-state index contributed by atoms with van der Waals surface area (Å²) in [6.07, 6.45) is 2.69. The van der Waals surface area contributed by atoms with Gasteiger partial charge in [-0.3, -0.25) is 4.79 Å². The second-order valence-electron chi connectivity index (χ2n) is 5.07. The van der Waals surface area contributed by atoms with Crippen LogP contribution >= 0.6 is 27.7 Å². The molecule has 1 aromatic heterocycles. The van der Waals surface area contributed by atoms with Gasteiger partial charge in [-0.2, -0.15) is 11.8 Å². The Morgan fingerprint density at radius 2 is 2.26 bits per heavy atom. The van der Waals surface area contributed by atoms with Crippen molar-refractivity contribution in [2.24, 2.45) is 0 Å². The number of hydrogen-bond donors (Lipinski definition) is 1. The fourth-order valence-electron chi connectivity index (χ4n) is 2.15. The lowest BCUT2D eigenvalue weighted by Gasteiger charge is -2.11. The normalized spacial score (nSPS) is 17.0. The Hall–Kier alpha value is -1.60. The number of rotatable bonds is 4. The third-order valence-corrected chi connectivity index (χ3v) is 5.14. The van der Waals surface area contributed by atoms with Gasteiger partial charge in [-0.1, -0.05) is 0 Å². The Labute approximate surface area is 146 Å². The molecule has 1 saturated heterocycles. The number of ether oxygens (including phenoxy) is 1. The Morgan fingerprint density at radius 3 is 2.91 bits per heavy atom. The van der Waals surface area contributed by atoms with E-state index in [2.05, 4.69) is 26.2 Å². The molecule has 0 spiro atoms. The van der Waals surface area contributed by atoms with E-state index < -0.39 is 0 Å². The van der Waals surface area contributed by atoms with Gasteiger partial charge in [0.2, 0.25) is 5.88 Å². The molecular weight excluding hydrogens is 383 g/mol. The Balaban J connectivity index is 1.65. The summed E-state index contributed by atoms with van der Waals surface area (Å²) in [7, 11) is 0. The quantitative estimate of drug-likeness (QED) is 0.844. The number of nitrogens with zero attached hydrogens (tertiary/aromatic N) is 1. The average molecular weight is 397 g/mol. The molecule has 1 atom stereocenters. The van der Waals surface area contributed by atoms with Crippen LogP contribution in [0, 0.1) is 5.82 Å². The molecule has 4 nitrogen and oxygen atoms in total. The van der Waals surface area contributed by atoms with Crippen LogP contribution in [-0.2, 0) is 0 Å². The number of amides is 1. The third-order valence-electron chi connectivity index (χ3n) is 3.35. The molecule has 2 aromatic rings. The Morgan fingerprint density at radius 1 is 1.39 bits per heavy atom. The highest BCUT2D eigenvalue weighted by atomic mass is 79.9. The van der Waals surface area contributed by atoms with Crippen LogP contribution in [0.1, 0.15) is 16.8 Å². The van der Waals surface area contributed by atoms with Crippen LogP contribution in [0.5, 0.6) is 5.88 Å². The molecule has 1 aliphatic heterocycles. The number of anilines is 1. The van der Waals surface area contributed by atoms with Crippen molar-refractivity contribution in [3.63, 3.8) is 0 Å². The van der Waals surface area contributed by atoms with Crippen LogP contribution in [0.3, 0.4) is 0 Å². The van der Waals surface area contributed by atoms with Crippen LogP contribution in [0.15, 0.2) is 41.0 Å². The van der Waals surface area contributed by atoms with Gasteiger partial charge in [0.05, 0.1) is 11.3 Å². The van der Waals surface area contributed by atoms with Gasteiger partial charge in [0.15, 0.2) is 0 Å². The van der Waals surface area contributed by atoms with Crippen molar-refractivity contribution in [2.75, 3.05) is 16.8 Å². The number of carbonyl (C=O) groups is 1. The van der Waals surface area contributed by atoms with Crippen molar-refractivity contribution in [1.82, 2.24) is 4.98 Å². The number of halogens is 2. The van der Waals surface area contributed by atoms with Crippen LogP contribution < -0.4 is 10.1 Å². The molecule has 7 heteroatoms. The standard InChI is InChI=1S/C16H14BrFN2O2S/c17-13-7-11(18)2-3-14(13)20-16(21)10-1-4-15(19-8-10)22-12-5-6-23-9-12/h1-4,7-8,12H,5-6,9H2,(H,20,21). The lowest BCUT2D eigenvalue weighted by Crippen LogP contribution is -2.16. The molecule has 0 bridgehead atoms. The highest BCUT2D eigenvalue weighted by molar-refractivity contribution is 9.10. The van der Waals surface area contributed by atoms with Crippen LogP contribution in [-0.4, -0.2) is 28.5 Å². The molecule has 0 saturated carbocycles. The molecule has 0 aliphatic carbocycles. The summed E-state index contributed by atoms with van der Waals surface area (Å²) in [5, 5.41) is 2.71. The molecule has 1 aromatic carbocycles. The first-order valence-corrected chi connectivity index (χ1v) is 9.03. The van der Waals surface area contributed by atoms with Gasteiger partial charge < -0.3 is 10.1 Å². The van der Waals surface area contributed by atoms with Crippen molar-refractivity contribution in [3.8, 4) is 5.88 Å². The van der Waals surface area contributed by atoms with Gasteiger partial charge in [-0.15, -0.1) is 0 Å². The van der Waals surface area contributed by atoms with Crippen LogP contribution in [0.4, 0.5) is 10.1 Å². The smallest absolute Gasteiger partial charge is 0.257 e. The lowest BCUT2D eigenvalue weighted by atomic mass is 10.2. The van der Waals surface area contributed by atoms with E-state index in [0.717, 1.165) is 17.9 Å². The number of nitrogens with one attached hydrogen (secondary N) is 1. The van der Waals surface area contributed by atoms with E-state index in [-0.39, 0.29) is 17.8 Å². The number of hydrogen-bond acceptors (Lipinski definition) is 4. The zero-order chi connectivity index (χ0) is 16.2. The van der Waals surface area contributed by atoms with Gasteiger partial charge in [0.1, 0.15) is 11.9 Å². The summed E-state index contributed by atoms with van der Waals surface area (Å²) < 4.78 is 19.3. The number of carbonyl (C=O) groups excluding carboxylic acids is 1. The van der Waals surface area contributed by atoms with Crippen molar-refractivity contribution in [2.45, 2.75) is 12.5 Å². The molecule has 0 radical (unpaired) electrons. The number of pyridine rings is 1. The topological polar surface area (TPSA) is 51.2 Å². The van der Waals surface area contributed by atoms with E-state index in [4.69, 9.17) is 4.74 Å². The first-order valence-electron chi connectivity index (χ1n) is 7.08. The highest BCUT2D eigenvalue weighted by Gasteiger charge is 2.17. The molecule has 23 heavy (non-hydrogen) atoms. The lowest BCUT2D eigenvalue weighted by molar-refractivity contribution is 0.102. The number of aromatic nitrogens is 1. The SMILES string of the molecule is O=C(Nc1ccc(F)cc1Br)c1ccc(OC2CCSC2)nc1. The van der Waals surface area contributed by atoms with E-state index in [0.29, 0.717) is 21.6 Å². The second kappa shape index (κ2) is 7.31. The van der Waals surface area contributed by atoms with Crippen molar-refractivity contribution in [3.05, 3.63) is 52.4 Å². The number of benzene rings is 1. The van der Waals surface area contributed by atoms with Gasteiger partial charge in [-0.05, 0) is 52.4 Å². The van der Waals surface area contributed by atoms with Gasteiger partial charge >= 0.3 is 0 Å². The molecular formula is C16H14BrFN2O2S. The van der Waals surface area contributed by atoms with E-state index in [1.165, 1.54) is 24.4 Å². The summed E-state index contributed by atoms with van der Waals surface area (Å²) in [6, 6.07) is 7.44. The first-order chi connectivity index (χ1) is 11.1. The van der Waals surface area contributed by atoms with Crippen molar-refractivity contribution in [1.29, 1.82) is 0 Å². The fraction of sp³-hybridized carbons (Fsp3) is 0.250. The molecule has 3 rings (SSSR count). The second-order valence-corrected chi connectivity index (χ2v) is 7.07. The monoisotopic (exact) mass is 396 g/mol. The molecule has 2 heterocycles. The fourth-order valence-corrected chi connectivity index (χ4v) is 3.69. The van der Waals surface area contributed by atoms with E-state index in [1.807, 2.05) is 11.8 Å². The van der Waals surface area contributed by atoms with Crippen LogP contribution in [0.2, 0.25) is 0 Å². The summed E-state index contributed by atoms with van der Waals surface area (Å²) in [5.74, 6) is 1.92. The maximum atomic E-state index is 13.1. The minimum Gasteiger partial charge on any atom is -0.473 e. The maximum Gasteiger partial charge on any atom is 0.257 e. The van der Waals surface area contributed by atoms with E-state index in [9.17, 15) is 9.18 Å². The first kappa shape index (κ1) is 16.3. The average Bonchev–Trinajstić information content (AvgIpc) is 3.04. The molecule has 1 N–H and O–H groups in total. The molecule has 1 fully saturated rings. The summed E-state index contributed by atoms with van der Waals surface area (Å²) >= 11 is 5.08. The van der Waals surface area contributed by atoms with E-state index >= 15 is 0 Å². The largest absolute Gasteiger partial charge is 0.473 e. The third kappa shape index (κ3) is 4.23. The van der Waals surface area contributed by atoms with E-state index in [1.54, 1.807) is 12.1 Å². The Bertz CT molecular complexity index is 706. The Kier molecular flexibility index (Phi) is 5.17. The predicted molar refractivity (Wildman–Crippen MR) is 92.6 cm³/mol. The minimum absolute atomic E-state index is 0.197. The van der Waals surface area contributed by atoms with Gasteiger partial charge in [0, 0.05) is 22.5 Å². The predicted octanol–water partition coefficient (Wildman–Crippen LogP) is 4.12. The summed E-state index contributed by atoms with van der Waals surface area (Å²) in [4.78, 5) is 16.4. The maximum absolute atomic E-state index is 13.1. The molecule has 120 valence electrons. The van der Waals surface area contributed by atoms with Crippen molar-refractivity contribution >= 4 is 39.3 Å². The summed E-state index contributed by atoms with van der Waals surface area (Å²) in [5.41, 5.74) is 0.911. The summed E-state index contributed by atoms with van der Waals surface area (Å²) in [6.45, 7) is 0. The van der Waals surface area contributed by atoms with Gasteiger partial charge in [0.25, 0.3) is 5.91 Å². The molecule has 1 unspecified atom stereocenters. The zero-order valence-electron chi connectivity index (χ0n) is 12.1. The number of thioether (sulfide) groups is 1. The molecule has 1 amide bonds. The van der Waals surface area contributed by atoms with Crippen LogP contribution in [0.25, 0.3) is 0 Å². The molecule has 1 aliphatic rings. The minimum atomic E-state index is -0.372. The van der Waals surface area contributed by atoms with Gasteiger partial charge in [-0.25, -0.2) is 9.37 Å².